The number of ether oxygens (including phenoxy) is 1. The lowest BCUT2D eigenvalue weighted by atomic mass is 9.95. The molecule has 4 heteroatoms. The first-order chi connectivity index (χ1) is 7.53. The lowest BCUT2D eigenvalue weighted by Crippen LogP contribution is -2.45. The van der Waals surface area contributed by atoms with E-state index in [1.807, 2.05) is 6.92 Å². The van der Waals surface area contributed by atoms with Gasteiger partial charge in [-0.25, -0.2) is 4.79 Å². The van der Waals surface area contributed by atoms with Gasteiger partial charge in [0, 0.05) is 19.2 Å². The Kier molecular flexibility index (Phi) is 4.96. The minimum atomic E-state index is -0.587. The highest BCUT2D eigenvalue weighted by Gasteiger charge is 2.27. The number of piperidine rings is 1. The average molecular weight is 227 g/mol. The van der Waals surface area contributed by atoms with Crippen LogP contribution in [0.4, 0.5) is 0 Å². The van der Waals surface area contributed by atoms with Crippen molar-refractivity contribution in [3.05, 3.63) is 12.2 Å². The minimum absolute atomic E-state index is 0.300. The van der Waals surface area contributed by atoms with Crippen molar-refractivity contribution in [3.8, 4) is 0 Å². The van der Waals surface area contributed by atoms with Crippen LogP contribution in [0.15, 0.2) is 12.2 Å². The molecule has 1 rings (SSSR count). The molecule has 1 aliphatic rings. The van der Waals surface area contributed by atoms with Crippen LogP contribution in [0.5, 0.6) is 0 Å². The predicted octanol–water partition coefficient (Wildman–Crippen LogP) is 0.952. The molecule has 1 aliphatic heterocycles. The summed E-state index contributed by atoms with van der Waals surface area (Å²) in [5.41, 5.74) is -0.587. The highest BCUT2D eigenvalue weighted by atomic mass is 16.5. The Bertz CT molecular complexity index is 261. The van der Waals surface area contributed by atoms with E-state index < -0.39 is 5.60 Å². The first-order valence-electron chi connectivity index (χ1n) is 5.81. The van der Waals surface area contributed by atoms with Crippen molar-refractivity contribution in [3.63, 3.8) is 0 Å². The second-order valence-electron chi connectivity index (χ2n) is 4.49. The Morgan fingerprint density at radius 1 is 1.62 bits per heavy atom. The van der Waals surface area contributed by atoms with E-state index in [1.54, 1.807) is 13.0 Å². The maximum atomic E-state index is 11.0. The lowest BCUT2D eigenvalue weighted by Gasteiger charge is -2.36. The lowest BCUT2D eigenvalue weighted by molar-refractivity contribution is -0.137. The zero-order valence-corrected chi connectivity index (χ0v) is 10.1. The van der Waals surface area contributed by atoms with Gasteiger partial charge in [-0.15, -0.1) is 0 Å². The third-order valence-electron chi connectivity index (χ3n) is 2.66. The van der Waals surface area contributed by atoms with Gasteiger partial charge in [0.25, 0.3) is 0 Å². The van der Waals surface area contributed by atoms with E-state index in [9.17, 15) is 9.90 Å². The normalized spacial score (nSPS) is 27.2. The number of nitrogens with zero attached hydrogens (tertiary/aromatic N) is 1. The van der Waals surface area contributed by atoms with Crippen LogP contribution in [0.1, 0.15) is 26.7 Å². The number of β-amino-alcohol motifs (C(OH)–C–C–N with tert-alkyl or cyclic N) is 1. The average Bonchev–Trinajstić information content (AvgIpc) is 2.16. The summed E-state index contributed by atoms with van der Waals surface area (Å²) in [7, 11) is 0. The van der Waals surface area contributed by atoms with Gasteiger partial charge in [0.15, 0.2) is 0 Å². The fourth-order valence-electron chi connectivity index (χ4n) is 1.97. The van der Waals surface area contributed by atoms with E-state index in [0.717, 1.165) is 19.4 Å². The Hall–Kier alpha value is -0.870. The molecule has 0 saturated carbocycles. The molecular weight excluding hydrogens is 206 g/mol. The van der Waals surface area contributed by atoms with E-state index in [0.29, 0.717) is 19.7 Å². The van der Waals surface area contributed by atoms with Gasteiger partial charge in [0.05, 0.1) is 12.2 Å². The second kappa shape index (κ2) is 6.01. The van der Waals surface area contributed by atoms with Crippen molar-refractivity contribution in [2.24, 2.45) is 0 Å². The van der Waals surface area contributed by atoms with Crippen LogP contribution >= 0.6 is 0 Å². The van der Waals surface area contributed by atoms with Crippen LogP contribution in [0, 0.1) is 0 Å². The number of aliphatic hydroxyl groups is 1. The summed E-state index contributed by atoms with van der Waals surface area (Å²) < 4.78 is 4.78. The number of carbonyl (C=O) groups excluding carboxylic acids is 1. The molecule has 0 aliphatic carbocycles. The highest BCUT2D eigenvalue weighted by Crippen LogP contribution is 2.19. The third-order valence-corrected chi connectivity index (χ3v) is 2.66. The topological polar surface area (TPSA) is 49.8 Å². The highest BCUT2D eigenvalue weighted by molar-refractivity contribution is 5.81. The molecular formula is C12H21NO3. The fraction of sp³-hybridized carbons (Fsp3) is 0.750. The number of carbonyl (C=O) groups is 1. The van der Waals surface area contributed by atoms with Gasteiger partial charge in [-0.05, 0) is 33.2 Å². The number of rotatable bonds is 4. The molecule has 0 radical (unpaired) electrons. The SMILES string of the molecule is CCOC(=O)/C=C/CN1CCCC(C)(O)C1. The third kappa shape index (κ3) is 4.77. The summed E-state index contributed by atoms with van der Waals surface area (Å²) in [5.74, 6) is -0.300. The summed E-state index contributed by atoms with van der Waals surface area (Å²) in [6, 6.07) is 0. The molecule has 1 unspecified atom stereocenters. The first-order valence-corrected chi connectivity index (χ1v) is 5.81. The molecule has 16 heavy (non-hydrogen) atoms. The second-order valence-corrected chi connectivity index (χ2v) is 4.49. The van der Waals surface area contributed by atoms with Gasteiger partial charge in [-0.1, -0.05) is 6.08 Å². The van der Waals surface area contributed by atoms with Crippen molar-refractivity contribution in [2.75, 3.05) is 26.2 Å². The molecule has 0 aromatic rings. The van der Waals surface area contributed by atoms with Crippen LogP contribution < -0.4 is 0 Å². The van der Waals surface area contributed by atoms with Crippen LogP contribution in [0.2, 0.25) is 0 Å². The van der Waals surface area contributed by atoms with Gasteiger partial charge in [-0.2, -0.15) is 0 Å². The van der Waals surface area contributed by atoms with Crippen molar-refractivity contribution < 1.29 is 14.6 Å². The predicted molar refractivity (Wildman–Crippen MR) is 62.1 cm³/mol. The summed E-state index contributed by atoms with van der Waals surface area (Å²) in [5, 5.41) is 9.88. The number of hydrogen-bond acceptors (Lipinski definition) is 4. The molecule has 1 N–H and O–H groups in total. The maximum absolute atomic E-state index is 11.0. The van der Waals surface area contributed by atoms with Crippen molar-refractivity contribution in [1.82, 2.24) is 4.90 Å². The van der Waals surface area contributed by atoms with Crippen molar-refractivity contribution in [1.29, 1.82) is 0 Å². The minimum Gasteiger partial charge on any atom is -0.463 e. The quantitative estimate of drug-likeness (QED) is 0.574. The molecule has 0 aromatic carbocycles. The monoisotopic (exact) mass is 227 g/mol. The molecule has 0 amide bonds. The molecule has 92 valence electrons. The van der Waals surface area contributed by atoms with Gasteiger partial charge in [-0.3, -0.25) is 4.90 Å². The van der Waals surface area contributed by atoms with E-state index >= 15 is 0 Å². The van der Waals surface area contributed by atoms with Crippen LogP contribution in [0.3, 0.4) is 0 Å². The summed E-state index contributed by atoms with van der Waals surface area (Å²) in [4.78, 5) is 13.2. The van der Waals surface area contributed by atoms with E-state index in [1.165, 1.54) is 6.08 Å². The largest absolute Gasteiger partial charge is 0.463 e. The molecule has 0 bridgehead atoms. The molecule has 1 atom stereocenters. The Morgan fingerprint density at radius 2 is 2.38 bits per heavy atom. The van der Waals surface area contributed by atoms with Gasteiger partial charge in [0.2, 0.25) is 0 Å². The van der Waals surface area contributed by atoms with E-state index in [4.69, 9.17) is 4.74 Å². The van der Waals surface area contributed by atoms with Crippen molar-refractivity contribution in [2.45, 2.75) is 32.3 Å². The fourth-order valence-corrected chi connectivity index (χ4v) is 1.97. The zero-order valence-electron chi connectivity index (χ0n) is 10.1. The Labute approximate surface area is 96.9 Å². The number of hydrogen-bond donors (Lipinski definition) is 1. The molecule has 1 fully saturated rings. The zero-order chi connectivity index (χ0) is 12.0. The smallest absolute Gasteiger partial charge is 0.330 e. The van der Waals surface area contributed by atoms with E-state index in [2.05, 4.69) is 4.90 Å². The number of esters is 1. The molecule has 0 aromatic heterocycles. The van der Waals surface area contributed by atoms with Crippen LogP contribution in [-0.2, 0) is 9.53 Å². The number of likely N-dealkylation sites (tertiary alicyclic amines) is 1. The van der Waals surface area contributed by atoms with Gasteiger partial charge >= 0.3 is 5.97 Å². The molecule has 1 saturated heterocycles. The summed E-state index contributed by atoms with van der Waals surface area (Å²) in [6.45, 7) is 6.38. The summed E-state index contributed by atoms with van der Waals surface area (Å²) >= 11 is 0. The standard InChI is InChI=1S/C12H21NO3/c1-3-16-11(14)6-4-8-13-9-5-7-12(2,15)10-13/h4,6,15H,3,5,7-10H2,1-2H3/b6-4+. The van der Waals surface area contributed by atoms with Gasteiger partial charge < -0.3 is 9.84 Å². The van der Waals surface area contributed by atoms with Gasteiger partial charge in [0.1, 0.15) is 0 Å². The van der Waals surface area contributed by atoms with E-state index in [-0.39, 0.29) is 5.97 Å². The first kappa shape index (κ1) is 13.2. The Balaban J connectivity index is 2.29. The molecule has 1 heterocycles. The molecule has 4 nitrogen and oxygen atoms in total. The Morgan fingerprint density at radius 3 is 3.00 bits per heavy atom. The van der Waals surface area contributed by atoms with Crippen LogP contribution in [0.25, 0.3) is 0 Å². The summed E-state index contributed by atoms with van der Waals surface area (Å²) in [6.07, 6.45) is 5.09. The molecule has 0 spiro atoms. The maximum Gasteiger partial charge on any atom is 0.330 e. The van der Waals surface area contributed by atoms with Crippen LogP contribution in [-0.4, -0.2) is 47.8 Å². The van der Waals surface area contributed by atoms with Crippen molar-refractivity contribution >= 4 is 5.97 Å².